The van der Waals surface area contributed by atoms with Crippen LogP contribution in [-0.2, 0) is 10.0 Å². The maximum absolute atomic E-state index is 11.0. The van der Waals surface area contributed by atoms with Crippen molar-refractivity contribution in [2.75, 3.05) is 11.9 Å². The molecule has 1 fully saturated rings. The summed E-state index contributed by atoms with van der Waals surface area (Å²) in [4.78, 5) is 0. The smallest absolute Gasteiger partial charge is 0.214 e. The zero-order valence-corrected chi connectivity index (χ0v) is 7.91. The summed E-state index contributed by atoms with van der Waals surface area (Å²) >= 11 is 3.14. The molecule has 0 saturated heterocycles. The molecule has 1 aliphatic rings. The molecule has 1 rings (SSSR count). The highest BCUT2D eigenvalue weighted by Gasteiger charge is 2.34. The standard InChI is InChI=1S/C5H10BrNO2S/c6-3-4-7-10(8,9)5-1-2-5/h5,7H,1-4H2. The van der Waals surface area contributed by atoms with E-state index >= 15 is 0 Å². The van der Waals surface area contributed by atoms with Gasteiger partial charge in [0.2, 0.25) is 10.0 Å². The lowest BCUT2D eigenvalue weighted by atomic mass is 10.8. The Labute approximate surface area is 69.4 Å². The normalized spacial score (nSPS) is 19.3. The Morgan fingerprint density at radius 1 is 1.50 bits per heavy atom. The van der Waals surface area contributed by atoms with Crippen molar-refractivity contribution in [1.29, 1.82) is 0 Å². The van der Waals surface area contributed by atoms with Gasteiger partial charge >= 0.3 is 0 Å². The molecule has 0 unspecified atom stereocenters. The zero-order chi connectivity index (χ0) is 7.61. The van der Waals surface area contributed by atoms with E-state index in [4.69, 9.17) is 0 Å². The molecule has 0 atom stereocenters. The second kappa shape index (κ2) is 3.19. The van der Waals surface area contributed by atoms with Crippen molar-refractivity contribution in [1.82, 2.24) is 4.72 Å². The third-order valence-electron chi connectivity index (χ3n) is 1.36. The van der Waals surface area contributed by atoms with Crippen LogP contribution in [0.2, 0.25) is 0 Å². The van der Waals surface area contributed by atoms with E-state index in [2.05, 4.69) is 20.7 Å². The predicted molar refractivity (Wildman–Crippen MR) is 43.7 cm³/mol. The summed E-state index contributed by atoms with van der Waals surface area (Å²) in [6.07, 6.45) is 1.66. The average Bonchev–Trinajstić information content (AvgIpc) is 2.64. The summed E-state index contributed by atoms with van der Waals surface area (Å²) in [6, 6.07) is 0. The highest BCUT2D eigenvalue weighted by Crippen LogP contribution is 2.27. The first-order chi connectivity index (χ1) is 4.67. The molecule has 60 valence electrons. The van der Waals surface area contributed by atoms with E-state index in [1.807, 2.05) is 0 Å². The van der Waals surface area contributed by atoms with Gasteiger partial charge in [-0.1, -0.05) is 15.9 Å². The molecule has 1 N–H and O–H groups in total. The predicted octanol–water partition coefficient (Wildman–Crippen LogP) is 0.463. The van der Waals surface area contributed by atoms with E-state index < -0.39 is 10.0 Å². The summed E-state index contributed by atoms with van der Waals surface area (Å²) in [5.41, 5.74) is 0. The zero-order valence-electron chi connectivity index (χ0n) is 5.51. The molecule has 0 radical (unpaired) electrons. The number of halogens is 1. The molecule has 0 amide bonds. The Hall–Kier alpha value is 0.390. The maximum Gasteiger partial charge on any atom is 0.214 e. The molecule has 0 aromatic heterocycles. The number of sulfonamides is 1. The van der Waals surface area contributed by atoms with Gasteiger partial charge in [0.15, 0.2) is 0 Å². The number of alkyl halides is 1. The van der Waals surface area contributed by atoms with Gasteiger partial charge in [-0.3, -0.25) is 0 Å². The number of hydrogen-bond donors (Lipinski definition) is 1. The highest BCUT2D eigenvalue weighted by molar-refractivity contribution is 9.09. The van der Waals surface area contributed by atoms with E-state index in [-0.39, 0.29) is 5.25 Å². The van der Waals surface area contributed by atoms with Crippen molar-refractivity contribution in [3.05, 3.63) is 0 Å². The molecule has 5 heteroatoms. The lowest BCUT2D eigenvalue weighted by Crippen LogP contribution is -2.28. The molecule has 0 spiro atoms. The minimum Gasteiger partial charge on any atom is -0.214 e. The van der Waals surface area contributed by atoms with Gasteiger partial charge < -0.3 is 0 Å². The van der Waals surface area contributed by atoms with Gasteiger partial charge in [0.25, 0.3) is 0 Å². The third kappa shape index (κ3) is 2.21. The van der Waals surface area contributed by atoms with Crippen molar-refractivity contribution in [2.45, 2.75) is 18.1 Å². The van der Waals surface area contributed by atoms with E-state index in [9.17, 15) is 8.42 Å². The van der Waals surface area contributed by atoms with Gasteiger partial charge in [0, 0.05) is 11.9 Å². The van der Waals surface area contributed by atoms with Crippen LogP contribution in [0.1, 0.15) is 12.8 Å². The molecular weight excluding hydrogens is 218 g/mol. The monoisotopic (exact) mass is 227 g/mol. The van der Waals surface area contributed by atoms with Crippen molar-refractivity contribution >= 4 is 26.0 Å². The lowest BCUT2D eigenvalue weighted by molar-refractivity contribution is 0.583. The molecule has 0 aliphatic heterocycles. The largest absolute Gasteiger partial charge is 0.214 e. The molecule has 0 heterocycles. The minimum atomic E-state index is -2.93. The first kappa shape index (κ1) is 8.49. The van der Waals surface area contributed by atoms with E-state index in [0.717, 1.165) is 12.8 Å². The van der Waals surface area contributed by atoms with Crippen LogP contribution in [0.3, 0.4) is 0 Å². The molecule has 10 heavy (non-hydrogen) atoms. The van der Waals surface area contributed by atoms with Crippen molar-refractivity contribution in [3.8, 4) is 0 Å². The quantitative estimate of drug-likeness (QED) is 0.710. The van der Waals surface area contributed by atoms with Crippen molar-refractivity contribution in [2.24, 2.45) is 0 Å². The van der Waals surface area contributed by atoms with E-state index in [1.54, 1.807) is 0 Å². The summed E-state index contributed by atoms with van der Waals surface area (Å²) in [5, 5.41) is 0.588. The van der Waals surface area contributed by atoms with Crippen LogP contribution < -0.4 is 4.72 Å². The lowest BCUT2D eigenvalue weighted by Gasteiger charge is -2.00. The van der Waals surface area contributed by atoms with Crippen molar-refractivity contribution in [3.63, 3.8) is 0 Å². The maximum atomic E-state index is 11.0. The van der Waals surface area contributed by atoms with Gasteiger partial charge in [-0.25, -0.2) is 13.1 Å². The molecule has 1 aliphatic carbocycles. The topological polar surface area (TPSA) is 46.2 Å². The Morgan fingerprint density at radius 2 is 2.10 bits per heavy atom. The average molecular weight is 228 g/mol. The molecule has 0 aromatic rings. The summed E-state index contributed by atoms with van der Waals surface area (Å²) in [6.45, 7) is 0.499. The van der Waals surface area contributed by atoms with Gasteiger partial charge in [-0.15, -0.1) is 0 Å². The van der Waals surface area contributed by atoms with Crippen LogP contribution in [0, 0.1) is 0 Å². The van der Waals surface area contributed by atoms with E-state index in [1.165, 1.54) is 0 Å². The van der Waals surface area contributed by atoms with Crippen LogP contribution in [0.25, 0.3) is 0 Å². The second-order valence-corrected chi connectivity index (χ2v) is 5.17. The van der Waals surface area contributed by atoms with Crippen LogP contribution in [-0.4, -0.2) is 25.5 Å². The molecule has 3 nitrogen and oxygen atoms in total. The fourth-order valence-corrected chi connectivity index (χ4v) is 2.52. The Balaban J connectivity index is 2.36. The fourth-order valence-electron chi connectivity index (χ4n) is 0.677. The third-order valence-corrected chi connectivity index (χ3v) is 3.71. The van der Waals surface area contributed by atoms with Crippen LogP contribution in [0.4, 0.5) is 0 Å². The molecular formula is C5H10BrNO2S. The number of rotatable bonds is 4. The minimum absolute atomic E-state index is 0.0912. The van der Waals surface area contributed by atoms with Crippen molar-refractivity contribution < 1.29 is 8.42 Å². The molecule has 0 bridgehead atoms. The second-order valence-electron chi connectivity index (χ2n) is 2.33. The van der Waals surface area contributed by atoms with Gasteiger partial charge in [-0.05, 0) is 12.8 Å². The van der Waals surface area contributed by atoms with Gasteiger partial charge in [-0.2, -0.15) is 0 Å². The first-order valence-electron chi connectivity index (χ1n) is 3.21. The van der Waals surface area contributed by atoms with Crippen LogP contribution in [0.15, 0.2) is 0 Å². The number of hydrogen-bond acceptors (Lipinski definition) is 2. The summed E-state index contributed by atoms with van der Waals surface area (Å²) < 4.78 is 24.5. The SMILES string of the molecule is O=S(=O)(NCCBr)C1CC1. The van der Waals surface area contributed by atoms with Crippen LogP contribution >= 0.6 is 15.9 Å². The highest BCUT2D eigenvalue weighted by atomic mass is 79.9. The Kier molecular flexibility index (Phi) is 2.71. The Morgan fingerprint density at radius 3 is 2.50 bits per heavy atom. The summed E-state index contributed by atoms with van der Waals surface area (Å²) in [5.74, 6) is 0. The van der Waals surface area contributed by atoms with Gasteiger partial charge in [0.1, 0.15) is 0 Å². The molecule has 1 saturated carbocycles. The van der Waals surface area contributed by atoms with Crippen LogP contribution in [0.5, 0.6) is 0 Å². The summed E-state index contributed by atoms with van der Waals surface area (Å²) in [7, 11) is -2.93. The fraction of sp³-hybridized carbons (Fsp3) is 1.00. The first-order valence-corrected chi connectivity index (χ1v) is 5.88. The molecule has 0 aromatic carbocycles. The number of nitrogens with one attached hydrogen (secondary N) is 1. The van der Waals surface area contributed by atoms with E-state index in [0.29, 0.717) is 11.9 Å². The van der Waals surface area contributed by atoms with Gasteiger partial charge in [0.05, 0.1) is 5.25 Å². The Bertz CT molecular complexity index is 198.